The van der Waals surface area contributed by atoms with E-state index in [1.807, 2.05) is 12.1 Å². The summed E-state index contributed by atoms with van der Waals surface area (Å²) in [5, 5.41) is 1.30. The van der Waals surface area contributed by atoms with Crippen molar-refractivity contribution in [2.75, 3.05) is 6.54 Å². The molecule has 17 heavy (non-hydrogen) atoms. The van der Waals surface area contributed by atoms with Crippen molar-refractivity contribution in [3.05, 3.63) is 33.8 Å². The lowest BCUT2D eigenvalue weighted by atomic mass is 10.0. The lowest BCUT2D eigenvalue weighted by Crippen LogP contribution is -1.97. The minimum atomic E-state index is 0.636. The molecule has 0 unspecified atom stereocenters. The van der Waals surface area contributed by atoms with E-state index in [0.717, 1.165) is 19.4 Å². The van der Waals surface area contributed by atoms with E-state index in [1.165, 1.54) is 37.7 Å². The molecule has 3 heteroatoms. The molecule has 0 atom stereocenters. The second-order valence-electron chi connectivity index (χ2n) is 4.41. The van der Waals surface area contributed by atoms with Gasteiger partial charge in [0, 0.05) is 0 Å². The van der Waals surface area contributed by atoms with Gasteiger partial charge in [-0.3, -0.25) is 0 Å². The molecule has 96 valence electrons. The van der Waals surface area contributed by atoms with Gasteiger partial charge in [0.25, 0.3) is 0 Å². The molecule has 0 saturated carbocycles. The molecule has 0 spiro atoms. The van der Waals surface area contributed by atoms with Gasteiger partial charge in [0.05, 0.1) is 10.0 Å². The van der Waals surface area contributed by atoms with Gasteiger partial charge in [0.2, 0.25) is 0 Å². The summed E-state index contributed by atoms with van der Waals surface area (Å²) < 4.78 is 0. The number of rotatable bonds is 8. The number of nitrogens with two attached hydrogens (primary N) is 1. The zero-order chi connectivity index (χ0) is 12.5. The Labute approximate surface area is 114 Å². The molecule has 1 nitrogen and oxygen atoms in total. The molecule has 0 radical (unpaired) electrons. The number of unbranched alkanes of at least 4 members (excludes halogenated alkanes) is 5. The molecule has 0 amide bonds. The van der Waals surface area contributed by atoms with Crippen LogP contribution in [-0.2, 0) is 6.42 Å². The second kappa shape index (κ2) is 8.79. The SMILES string of the molecule is NCCCCCCCCc1ccc(Cl)c(Cl)c1. The summed E-state index contributed by atoms with van der Waals surface area (Å²) >= 11 is 11.8. The van der Waals surface area contributed by atoms with Crippen molar-refractivity contribution in [1.29, 1.82) is 0 Å². The summed E-state index contributed by atoms with van der Waals surface area (Å²) in [7, 11) is 0. The average molecular weight is 274 g/mol. The maximum atomic E-state index is 5.97. The Morgan fingerprint density at radius 3 is 2.12 bits per heavy atom. The van der Waals surface area contributed by atoms with Crippen molar-refractivity contribution in [2.45, 2.75) is 44.9 Å². The minimum Gasteiger partial charge on any atom is -0.330 e. The molecule has 2 N–H and O–H groups in total. The highest BCUT2D eigenvalue weighted by Gasteiger charge is 1.99. The Morgan fingerprint density at radius 2 is 1.47 bits per heavy atom. The number of hydrogen-bond acceptors (Lipinski definition) is 1. The van der Waals surface area contributed by atoms with Crippen LogP contribution in [0.3, 0.4) is 0 Å². The van der Waals surface area contributed by atoms with Gasteiger partial charge in [0.15, 0.2) is 0 Å². The first-order valence-corrected chi connectivity index (χ1v) is 7.13. The van der Waals surface area contributed by atoms with Crippen molar-refractivity contribution in [2.24, 2.45) is 5.73 Å². The lowest BCUT2D eigenvalue weighted by molar-refractivity contribution is 0.597. The molecule has 1 aromatic rings. The van der Waals surface area contributed by atoms with Crippen LogP contribution in [0.2, 0.25) is 10.0 Å². The van der Waals surface area contributed by atoms with Crippen LogP contribution in [0, 0.1) is 0 Å². The zero-order valence-corrected chi connectivity index (χ0v) is 11.7. The van der Waals surface area contributed by atoms with Gasteiger partial charge in [-0.1, -0.05) is 55.0 Å². The van der Waals surface area contributed by atoms with Crippen molar-refractivity contribution < 1.29 is 0 Å². The first-order valence-electron chi connectivity index (χ1n) is 6.38. The van der Waals surface area contributed by atoms with Crippen molar-refractivity contribution in [1.82, 2.24) is 0 Å². The number of benzene rings is 1. The Kier molecular flexibility index (Phi) is 7.67. The summed E-state index contributed by atoms with van der Waals surface area (Å²) in [5.41, 5.74) is 6.73. The standard InChI is InChI=1S/C14H21Cl2N/c15-13-9-8-12(11-14(13)16)7-5-3-1-2-4-6-10-17/h8-9,11H,1-7,10,17H2. The number of aryl methyl sites for hydroxylation is 1. The first-order chi connectivity index (χ1) is 8.24. The molecule has 0 heterocycles. The van der Waals surface area contributed by atoms with Crippen LogP contribution in [0.5, 0.6) is 0 Å². The Balaban J connectivity index is 2.11. The fraction of sp³-hybridized carbons (Fsp3) is 0.571. The third-order valence-corrected chi connectivity index (χ3v) is 3.64. The lowest BCUT2D eigenvalue weighted by Gasteiger charge is -2.03. The summed E-state index contributed by atoms with van der Waals surface area (Å²) in [5.74, 6) is 0. The van der Waals surface area contributed by atoms with Gasteiger partial charge >= 0.3 is 0 Å². The second-order valence-corrected chi connectivity index (χ2v) is 5.22. The normalized spacial score (nSPS) is 10.8. The highest BCUT2D eigenvalue weighted by atomic mass is 35.5. The summed E-state index contributed by atoms with van der Waals surface area (Å²) in [4.78, 5) is 0. The quantitative estimate of drug-likeness (QED) is 0.675. The van der Waals surface area contributed by atoms with E-state index in [2.05, 4.69) is 6.07 Å². The van der Waals surface area contributed by atoms with E-state index in [1.54, 1.807) is 0 Å². The van der Waals surface area contributed by atoms with Crippen LogP contribution in [0.1, 0.15) is 44.1 Å². The third-order valence-electron chi connectivity index (χ3n) is 2.90. The van der Waals surface area contributed by atoms with Gasteiger partial charge in [0.1, 0.15) is 0 Å². The van der Waals surface area contributed by atoms with Gasteiger partial charge < -0.3 is 5.73 Å². The number of hydrogen-bond donors (Lipinski definition) is 1. The monoisotopic (exact) mass is 273 g/mol. The largest absolute Gasteiger partial charge is 0.330 e. The van der Waals surface area contributed by atoms with E-state index in [4.69, 9.17) is 28.9 Å². The van der Waals surface area contributed by atoms with Crippen molar-refractivity contribution in [3.63, 3.8) is 0 Å². The van der Waals surface area contributed by atoms with Gasteiger partial charge in [-0.15, -0.1) is 0 Å². The topological polar surface area (TPSA) is 26.0 Å². The molecule has 0 aliphatic heterocycles. The smallest absolute Gasteiger partial charge is 0.0595 e. The van der Waals surface area contributed by atoms with E-state index < -0.39 is 0 Å². The van der Waals surface area contributed by atoms with E-state index in [0.29, 0.717) is 10.0 Å². The van der Waals surface area contributed by atoms with E-state index >= 15 is 0 Å². The third kappa shape index (κ3) is 6.30. The maximum absolute atomic E-state index is 5.97. The summed E-state index contributed by atoms with van der Waals surface area (Å²) in [6.45, 7) is 0.823. The van der Waals surface area contributed by atoms with Crippen LogP contribution in [0.15, 0.2) is 18.2 Å². The van der Waals surface area contributed by atoms with Crippen LogP contribution in [-0.4, -0.2) is 6.54 Å². The van der Waals surface area contributed by atoms with Crippen molar-refractivity contribution >= 4 is 23.2 Å². The molecule has 1 rings (SSSR count). The van der Waals surface area contributed by atoms with Crippen LogP contribution < -0.4 is 5.73 Å². The molecule has 0 saturated heterocycles. The van der Waals surface area contributed by atoms with Gasteiger partial charge in [-0.2, -0.15) is 0 Å². The highest BCUT2D eigenvalue weighted by molar-refractivity contribution is 6.42. The van der Waals surface area contributed by atoms with Crippen LogP contribution >= 0.6 is 23.2 Å². The molecule has 0 bridgehead atoms. The first kappa shape index (κ1) is 14.8. The predicted molar refractivity (Wildman–Crippen MR) is 76.9 cm³/mol. The van der Waals surface area contributed by atoms with Gasteiger partial charge in [-0.25, -0.2) is 0 Å². The highest BCUT2D eigenvalue weighted by Crippen LogP contribution is 2.23. The zero-order valence-electron chi connectivity index (χ0n) is 10.2. The van der Waals surface area contributed by atoms with Gasteiger partial charge in [-0.05, 0) is 43.5 Å². The fourth-order valence-corrected chi connectivity index (χ4v) is 2.20. The minimum absolute atomic E-state index is 0.636. The molecular weight excluding hydrogens is 253 g/mol. The van der Waals surface area contributed by atoms with Crippen LogP contribution in [0.4, 0.5) is 0 Å². The predicted octanol–water partition coefficient (Wildman–Crippen LogP) is 4.84. The fourth-order valence-electron chi connectivity index (χ4n) is 1.88. The molecular formula is C14H21Cl2N. The molecule has 0 aliphatic carbocycles. The molecule has 0 fully saturated rings. The summed E-state index contributed by atoms with van der Waals surface area (Å²) in [6.07, 6.45) is 8.63. The summed E-state index contributed by atoms with van der Waals surface area (Å²) in [6, 6.07) is 5.90. The molecule has 1 aromatic carbocycles. The van der Waals surface area contributed by atoms with Crippen molar-refractivity contribution in [3.8, 4) is 0 Å². The number of halogens is 2. The maximum Gasteiger partial charge on any atom is 0.0595 e. The average Bonchev–Trinajstić information content (AvgIpc) is 2.32. The molecule has 0 aliphatic rings. The Hall–Kier alpha value is -0.240. The molecule has 0 aromatic heterocycles. The van der Waals surface area contributed by atoms with E-state index in [9.17, 15) is 0 Å². The van der Waals surface area contributed by atoms with E-state index in [-0.39, 0.29) is 0 Å². The van der Waals surface area contributed by atoms with Crippen LogP contribution in [0.25, 0.3) is 0 Å². The Morgan fingerprint density at radius 1 is 0.824 bits per heavy atom. The Bertz CT molecular complexity index is 326.